The average molecular weight is 381 g/mol. The van der Waals surface area contributed by atoms with E-state index in [0.717, 1.165) is 0 Å². The van der Waals surface area contributed by atoms with Crippen LogP contribution in [0.3, 0.4) is 0 Å². The summed E-state index contributed by atoms with van der Waals surface area (Å²) in [5, 5.41) is -0.0629. The summed E-state index contributed by atoms with van der Waals surface area (Å²) < 4.78 is 27.2. The first-order chi connectivity index (χ1) is 8.40. The second kappa shape index (κ2) is 5.12. The number of imidazole rings is 1. The number of nitrogen functional groups attached to an aromatic ring is 1. The highest BCUT2D eigenvalue weighted by atomic mass is 127. The fourth-order valence-corrected chi connectivity index (χ4v) is 2.50. The molecule has 2 unspecified atom stereocenters. The molecular formula is C11H13FIN3OS. The normalized spacial score (nSPS) is 14.9. The molecule has 0 spiro atoms. The van der Waals surface area contributed by atoms with E-state index in [2.05, 4.69) is 4.98 Å². The van der Waals surface area contributed by atoms with E-state index in [1.165, 1.54) is 6.07 Å². The average Bonchev–Trinajstić information content (AvgIpc) is 2.56. The third-order valence-electron chi connectivity index (χ3n) is 2.83. The lowest BCUT2D eigenvalue weighted by Gasteiger charge is -2.11. The van der Waals surface area contributed by atoms with E-state index in [1.54, 1.807) is 16.9 Å². The van der Waals surface area contributed by atoms with Crippen molar-refractivity contribution < 1.29 is 8.60 Å². The minimum atomic E-state index is -0.955. The second-order valence-corrected chi connectivity index (χ2v) is 7.11. The molecule has 2 atom stereocenters. The van der Waals surface area contributed by atoms with Gasteiger partial charge in [-0.3, -0.25) is 4.21 Å². The molecule has 18 heavy (non-hydrogen) atoms. The summed E-state index contributed by atoms with van der Waals surface area (Å²) in [5.74, 6) is 0.0261. The Morgan fingerprint density at radius 1 is 1.61 bits per heavy atom. The second-order valence-electron chi connectivity index (χ2n) is 4.14. The molecule has 2 rings (SSSR count). The summed E-state index contributed by atoms with van der Waals surface area (Å²) in [6.07, 6.45) is 1.64. The number of benzene rings is 1. The Morgan fingerprint density at radius 2 is 2.28 bits per heavy atom. The van der Waals surface area contributed by atoms with Crippen molar-refractivity contribution in [3.63, 3.8) is 0 Å². The Hall–Kier alpha value is -0.700. The van der Waals surface area contributed by atoms with Crippen molar-refractivity contribution in [2.24, 2.45) is 0 Å². The van der Waals surface area contributed by atoms with Crippen molar-refractivity contribution in [3.05, 3.63) is 21.5 Å². The van der Waals surface area contributed by atoms with Gasteiger partial charge < -0.3 is 10.3 Å². The highest BCUT2D eigenvalue weighted by Gasteiger charge is 2.15. The van der Waals surface area contributed by atoms with Crippen molar-refractivity contribution in [1.82, 2.24) is 9.55 Å². The Labute approximate surface area is 120 Å². The molecule has 0 amide bonds. The van der Waals surface area contributed by atoms with Crippen LogP contribution in [-0.2, 0) is 17.3 Å². The minimum absolute atomic E-state index is 0.0629. The van der Waals surface area contributed by atoms with E-state index in [-0.39, 0.29) is 11.1 Å². The molecule has 4 nitrogen and oxygen atoms in total. The monoisotopic (exact) mass is 381 g/mol. The molecule has 0 aliphatic heterocycles. The third kappa shape index (κ3) is 2.51. The Bertz CT molecular complexity index is 628. The number of hydrogen-bond donors (Lipinski definition) is 1. The predicted octanol–water partition coefficient (Wildman–Crippen LogP) is 2.13. The third-order valence-corrected chi connectivity index (χ3v) is 4.94. The van der Waals surface area contributed by atoms with Gasteiger partial charge >= 0.3 is 0 Å². The molecule has 0 radical (unpaired) electrons. The summed E-state index contributed by atoms with van der Waals surface area (Å²) in [7, 11) is -0.955. The summed E-state index contributed by atoms with van der Waals surface area (Å²) >= 11 is 1.92. The number of anilines is 1. The first-order valence-electron chi connectivity index (χ1n) is 5.33. The van der Waals surface area contributed by atoms with Crippen LogP contribution in [0.25, 0.3) is 11.0 Å². The number of hydrogen-bond acceptors (Lipinski definition) is 3. The van der Waals surface area contributed by atoms with Crippen LogP contribution in [0.15, 0.2) is 12.1 Å². The molecule has 0 bridgehead atoms. The first-order valence-corrected chi connectivity index (χ1v) is 8.03. The van der Waals surface area contributed by atoms with Gasteiger partial charge in [0.2, 0.25) is 5.95 Å². The summed E-state index contributed by atoms with van der Waals surface area (Å²) in [5.41, 5.74) is 7.13. The van der Waals surface area contributed by atoms with Crippen LogP contribution in [0.5, 0.6) is 0 Å². The van der Waals surface area contributed by atoms with Crippen molar-refractivity contribution in [2.45, 2.75) is 18.7 Å². The summed E-state index contributed by atoms with van der Waals surface area (Å²) in [6.45, 7) is 2.33. The van der Waals surface area contributed by atoms with Crippen LogP contribution < -0.4 is 5.73 Å². The molecule has 7 heteroatoms. The van der Waals surface area contributed by atoms with E-state index in [4.69, 9.17) is 5.73 Å². The highest BCUT2D eigenvalue weighted by Crippen LogP contribution is 2.23. The number of halogens is 2. The van der Waals surface area contributed by atoms with Gasteiger partial charge in [0.1, 0.15) is 5.82 Å². The fraction of sp³-hybridized carbons (Fsp3) is 0.364. The van der Waals surface area contributed by atoms with E-state index in [9.17, 15) is 8.60 Å². The highest BCUT2D eigenvalue weighted by molar-refractivity contribution is 14.1. The van der Waals surface area contributed by atoms with Crippen LogP contribution in [0.2, 0.25) is 0 Å². The van der Waals surface area contributed by atoms with Crippen molar-refractivity contribution >= 4 is 50.4 Å². The minimum Gasteiger partial charge on any atom is -0.369 e. The zero-order valence-corrected chi connectivity index (χ0v) is 13.0. The molecule has 98 valence electrons. The topological polar surface area (TPSA) is 60.9 Å². The maximum absolute atomic E-state index is 13.6. The van der Waals surface area contributed by atoms with E-state index in [1.807, 2.05) is 29.5 Å². The van der Waals surface area contributed by atoms with Crippen molar-refractivity contribution in [3.8, 4) is 0 Å². The molecule has 0 fully saturated rings. The van der Waals surface area contributed by atoms with Gasteiger partial charge in [0, 0.05) is 34.9 Å². The SMILES string of the molecule is CC(Cn1c(N)nc2cc(I)c(F)cc21)S(C)=O. The van der Waals surface area contributed by atoms with Crippen molar-refractivity contribution in [2.75, 3.05) is 12.0 Å². The van der Waals surface area contributed by atoms with Gasteiger partial charge in [-0.1, -0.05) is 0 Å². The van der Waals surface area contributed by atoms with Gasteiger partial charge in [-0.05, 0) is 35.6 Å². The Balaban J connectivity index is 2.53. The number of fused-ring (bicyclic) bond motifs is 1. The fourth-order valence-electron chi connectivity index (χ4n) is 1.69. The molecule has 1 aromatic heterocycles. The Kier molecular flexibility index (Phi) is 3.90. The number of rotatable bonds is 3. The molecule has 0 saturated heterocycles. The smallest absolute Gasteiger partial charge is 0.201 e. The molecule has 2 N–H and O–H groups in total. The maximum atomic E-state index is 13.6. The summed E-state index contributed by atoms with van der Waals surface area (Å²) in [4.78, 5) is 4.20. The molecule has 0 saturated carbocycles. The number of nitrogens with two attached hydrogens (primary N) is 1. The van der Waals surface area contributed by atoms with E-state index in [0.29, 0.717) is 27.1 Å². The maximum Gasteiger partial charge on any atom is 0.201 e. The first kappa shape index (κ1) is 13.7. The van der Waals surface area contributed by atoms with Crippen LogP contribution in [0, 0.1) is 9.39 Å². The lowest BCUT2D eigenvalue weighted by molar-refractivity contribution is 0.619. The van der Waals surface area contributed by atoms with Gasteiger partial charge in [-0.25, -0.2) is 9.37 Å². The van der Waals surface area contributed by atoms with Crippen LogP contribution >= 0.6 is 22.6 Å². The van der Waals surface area contributed by atoms with Gasteiger partial charge in [0.15, 0.2) is 0 Å². The lowest BCUT2D eigenvalue weighted by Crippen LogP contribution is -2.18. The molecule has 1 aromatic carbocycles. The van der Waals surface area contributed by atoms with Crippen LogP contribution in [0.4, 0.5) is 10.3 Å². The molecule has 1 heterocycles. The zero-order chi connectivity index (χ0) is 13.4. The largest absolute Gasteiger partial charge is 0.369 e. The zero-order valence-electron chi connectivity index (χ0n) is 9.98. The molecule has 2 aromatic rings. The van der Waals surface area contributed by atoms with Crippen LogP contribution in [0.1, 0.15) is 6.92 Å². The molecular weight excluding hydrogens is 368 g/mol. The van der Waals surface area contributed by atoms with Gasteiger partial charge in [-0.15, -0.1) is 0 Å². The van der Waals surface area contributed by atoms with E-state index >= 15 is 0 Å². The summed E-state index contributed by atoms with van der Waals surface area (Å²) in [6, 6.07) is 3.08. The van der Waals surface area contributed by atoms with Crippen molar-refractivity contribution in [1.29, 1.82) is 0 Å². The molecule has 0 aliphatic carbocycles. The van der Waals surface area contributed by atoms with E-state index < -0.39 is 10.8 Å². The predicted molar refractivity (Wildman–Crippen MR) is 80.3 cm³/mol. The number of aromatic nitrogens is 2. The standard InChI is InChI=1S/C11H13FIN3OS/c1-6(18(2)17)5-16-10-3-7(12)8(13)4-9(10)15-11(16)14/h3-4,6H,5H2,1-2H3,(H2,14,15). The van der Waals surface area contributed by atoms with Crippen LogP contribution in [-0.4, -0.2) is 25.3 Å². The molecule has 0 aliphatic rings. The van der Waals surface area contributed by atoms with Gasteiger partial charge in [-0.2, -0.15) is 0 Å². The van der Waals surface area contributed by atoms with Gasteiger partial charge in [0.05, 0.1) is 14.6 Å². The van der Waals surface area contributed by atoms with Gasteiger partial charge in [0.25, 0.3) is 0 Å². The number of nitrogens with zero attached hydrogens (tertiary/aromatic N) is 2. The quantitative estimate of drug-likeness (QED) is 0.829. The Morgan fingerprint density at radius 3 is 2.89 bits per heavy atom. The lowest BCUT2D eigenvalue weighted by atomic mass is 10.3.